The maximum absolute atomic E-state index is 9.30. The van der Waals surface area contributed by atoms with Crippen LogP contribution in [0.5, 0.6) is 5.75 Å². The molecule has 1 aromatic carbocycles. The molecular weight excluding hydrogens is 160 g/mol. The van der Waals surface area contributed by atoms with Gasteiger partial charge in [0.2, 0.25) is 0 Å². The third-order valence-corrected chi connectivity index (χ3v) is 2.26. The van der Waals surface area contributed by atoms with Crippen molar-refractivity contribution in [1.29, 1.82) is 0 Å². The van der Waals surface area contributed by atoms with Gasteiger partial charge < -0.3 is 5.11 Å². The Morgan fingerprint density at radius 3 is 3.00 bits per heavy atom. The van der Waals surface area contributed by atoms with Crippen molar-refractivity contribution in [2.45, 2.75) is 13.3 Å². The number of phenols is 1. The Kier molecular flexibility index (Phi) is 1.93. The summed E-state index contributed by atoms with van der Waals surface area (Å²) in [6.45, 7) is 2.12. The number of benzene rings is 1. The van der Waals surface area contributed by atoms with Crippen molar-refractivity contribution in [1.82, 2.24) is 0 Å². The zero-order valence-corrected chi connectivity index (χ0v) is 7.62. The molecule has 0 bridgehead atoms. The normalized spacial score (nSPS) is 14.7. The zero-order chi connectivity index (χ0) is 9.26. The lowest BCUT2D eigenvalue weighted by Crippen LogP contribution is -1.88. The molecule has 0 unspecified atom stereocenters. The van der Waals surface area contributed by atoms with E-state index in [2.05, 4.69) is 13.0 Å². The predicted octanol–water partition coefficient (Wildman–Crippen LogP) is 2.91. The summed E-state index contributed by atoms with van der Waals surface area (Å²) in [6, 6.07) is 5.53. The lowest BCUT2D eigenvalue weighted by molar-refractivity contribution is 0.475. The smallest absolute Gasteiger partial charge is 0.116 e. The average Bonchev–Trinajstić information content (AvgIpc) is 2.25. The molecule has 0 atom stereocenters. The first-order valence-electron chi connectivity index (χ1n) is 4.41. The predicted molar refractivity (Wildman–Crippen MR) is 54.6 cm³/mol. The summed E-state index contributed by atoms with van der Waals surface area (Å²) in [6.07, 6.45) is 7.14. The van der Waals surface area contributed by atoms with Crippen LogP contribution in [0.15, 0.2) is 35.9 Å². The van der Waals surface area contributed by atoms with Crippen molar-refractivity contribution in [3.63, 3.8) is 0 Å². The monoisotopic (exact) mass is 172 g/mol. The minimum absolute atomic E-state index is 0.336. The summed E-state index contributed by atoms with van der Waals surface area (Å²) in [4.78, 5) is 0. The number of hydrogen-bond acceptors (Lipinski definition) is 1. The molecule has 66 valence electrons. The highest BCUT2D eigenvalue weighted by atomic mass is 16.3. The number of fused-ring (bicyclic) bond motifs is 1. The Bertz CT molecular complexity index is 386. The van der Waals surface area contributed by atoms with Gasteiger partial charge in [0.05, 0.1) is 0 Å². The summed E-state index contributed by atoms with van der Waals surface area (Å²) in [7, 11) is 0. The minimum Gasteiger partial charge on any atom is -0.508 e. The third-order valence-electron chi connectivity index (χ3n) is 2.26. The van der Waals surface area contributed by atoms with E-state index in [0.29, 0.717) is 5.75 Å². The molecule has 1 nitrogen and oxygen atoms in total. The molecule has 1 aliphatic carbocycles. The molecule has 13 heavy (non-hydrogen) atoms. The lowest BCUT2D eigenvalue weighted by atomic mass is 10.0. The van der Waals surface area contributed by atoms with Crippen LogP contribution in [0.1, 0.15) is 18.1 Å². The van der Waals surface area contributed by atoms with Crippen molar-refractivity contribution < 1.29 is 5.11 Å². The van der Waals surface area contributed by atoms with Crippen LogP contribution in [-0.2, 0) is 6.42 Å². The second kappa shape index (κ2) is 3.09. The standard InChI is InChI=1S/C12H12O/c1-9-3-2-4-10-8-12(13)6-5-11(10)7-9/h2-6,8,13H,7H2,1H3. The first-order chi connectivity index (χ1) is 6.25. The number of allylic oxidation sites excluding steroid dienone is 3. The van der Waals surface area contributed by atoms with Gasteiger partial charge in [0.25, 0.3) is 0 Å². The van der Waals surface area contributed by atoms with Crippen LogP contribution in [0.3, 0.4) is 0 Å². The van der Waals surface area contributed by atoms with Crippen LogP contribution < -0.4 is 0 Å². The summed E-state index contributed by atoms with van der Waals surface area (Å²) in [5.41, 5.74) is 3.74. The minimum atomic E-state index is 0.336. The van der Waals surface area contributed by atoms with Crippen LogP contribution in [0.2, 0.25) is 0 Å². The topological polar surface area (TPSA) is 20.2 Å². The van der Waals surface area contributed by atoms with Crippen molar-refractivity contribution in [2.75, 3.05) is 0 Å². The number of rotatable bonds is 0. The SMILES string of the molecule is CC1=CC=Cc2cc(O)ccc2C1. The molecule has 0 amide bonds. The fourth-order valence-electron chi connectivity index (χ4n) is 1.57. The van der Waals surface area contributed by atoms with Crippen molar-refractivity contribution in [3.8, 4) is 5.75 Å². The van der Waals surface area contributed by atoms with Gasteiger partial charge in [-0.05, 0) is 36.6 Å². The molecular formula is C12H12O. The van der Waals surface area contributed by atoms with E-state index in [-0.39, 0.29) is 0 Å². The molecule has 0 spiro atoms. The molecule has 2 rings (SSSR count). The number of aromatic hydroxyl groups is 1. The van der Waals surface area contributed by atoms with Gasteiger partial charge in [-0.15, -0.1) is 0 Å². The Labute approximate surface area is 78.0 Å². The first kappa shape index (κ1) is 8.11. The Hall–Kier alpha value is -1.50. The van der Waals surface area contributed by atoms with E-state index >= 15 is 0 Å². The van der Waals surface area contributed by atoms with Gasteiger partial charge in [0, 0.05) is 0 Å². The maximum atomic E-state index is 9.30. The first-order valence-corrected chi connectivity index (χ1v) is 4.41. The molecule has 0 fully saturated rings. The molecule has 0 radical (unpaired) electrons. The van der Waals surface area contributed by atoms with E-state index < -0.39 is 0 Å². The van der Waals surface area contributed by atoms with Crippen LogP contribution in [0.4, 0.5) is 0 Å². The van der Waals surface area contributed by atoms with E-state index in [9.17, 15) is 5.11 Å². The Morgan fingerprint density at radius 2 is 2.15 bits per heavy atom. The van der Waals surface area contributed by atoms with Gasteiger partial charge in [-0.25, -0.2) is 0 Å². The van der Waals surface area contributed by atoms with Gasteiger partial charge in [-0.2, -0.15) is 0 Å². The molecule has 1 aliphatic rings. The Morgan fingerprint density at radius 1 is 1.31 bits per heavy atom. The highest BCUT2D eigenvalue weighted by molar-refractivity contribution is 5.60. The molecule has 1 heteroatoms. The van der Waals surface area contributed by atoms with E-state index in [1.807, 2.05) is 18.2 Å². The fraction of sp³-hybridized carbons (Fsp3) is 0.167. The van der Waals surface area contributed by atoms with Crippen LogP contribution >= 0.6 is 0 Å². The highest BCUT2D eigenvalue weighted by Crippen LogP contribution is 2.22. The fourth-order valence-corrected chi connectivity index (χ4v) is 1.57. The van der Waals surface area contributed by atoms with Gasteiger partial charge in [0.15, 0.2) is 0 Å². The third kappa shape index (κ3) is 1.64. The molecule has 1 N–H and O–H groups in total. The van der Waals surface area contributed by atoms with Crippen LogP contribution in [0, 0.1) is 0 Å². The van der Waals surface area contributed by atoms with E-state index in [1.54, 1.807) is 12.1 Å². The summed E-state index contributed by atoms with van der Waals surface area (Å²) < 4.78 is 0. The summed E-state index contributed by atoms with van der Waals surface area (Å²) in [5.74, 6) is 0.336. The van der Waals surface area contributed by atoms with Crippen LogP contribution in [-0.4, -0.2) is 5.11 Å². The number of phenolic OH excluding ortho intramolecular Hbond substituents is 1. The largest absolute Gasteiger partial charge is 0.508 e. The van der Waals surface area contributed by atoms with Gasteiger partial charge >= 0.3 is 0 Å². The van der Waals surface area contributed by atoms with E-state index in [0.717, 1.165) is 12.0 Å². The average molecular weight is 172 g/mol. The summed E-state index contributed by atoms with van der Waals surface area (Å²) in [5, 5.41) is 9.30. The molecule has 0 aromatic heterocycles. The quantitative estimate of drug-likeness (QED) is 0.638. The van der Waals surface area contributed by atoms with Crippen molar-refractivity contribution in [3.05, 3.63) is 47.1 Å². The van der Waals surface area contributed by atoms with E-state index in [4.69, 9.17) is 0 Å². The summed E-state index contributed by atoms with van der Waals surface area (Å²) >= 11 is 0. The second-order valence-corrected chi connectivity index (χ2v) is 3.43. The molecule has 0 aliphatic heterocycles. The highest BCUT2D eigenvalue weighted by Gasteiger charge is 2.03. The zero-order valence-electron chi connectivity index (χ0n) is 7.62. The van der Waals surface area contributed by atoms with Gasteiger partial charge in [-0.1, -0.05) is 29.9 Å². The lowest BCUT2D eigenvalue weighted by Gasteiger charge is -2.04. The van der Waals surface area contributed by atoms with Gasteiger partial charge in [0.1, 0.15) is 5.75 Å². The molecule has 1 aromatic rings. The molecule has 0 heterocycles. The van der Waals surface area contributed by atoms with Crippen molar-refractivity contribution in [2.24, 2.45) is 0 Å². The Balaban J connectivity index is 2.50. The van der Waals surface area contributed by atoms with E-state index in [1.165, 1.54) is 11.1 Å². The molecule has 0 saturated heterocycles. The van der Waals surface area contributed by atoms with Crippen LogP contribution in [0.25, 0.3) is 6.08 Å². The maximum Gasteiger partial charge on any atom is 0.116 e. The molecule has 0 saturated carbocycles. The van der Waals surface area contributed by atoms with Crippen molar-refractivity contribution >= 4 is 6.08 Å². The second-order valence-electron chi connectivity index (χ2n) is 3.43. The number of hydrogen-bond donors (Lipinski definition) is 1. The van der Waals surface area contributed by atoms with Gasteiger partial charge in [-0.3, -0.25) is 0 Å².